The first-order valence-electron chi connectivity index (χ1n) is 11.6. The van der Waals surface area contributed by atoms with Crippen LogP contribution in [0.1, 0.15) is 59.7 Å². The molecule has 0 saturated carbocycles. The predicted octanol–water partition coefficient (Wildman–Crippen LogP) is 4.21. The van der Waals surface area contributed by atoms with Crippen LogP contribution in [0, 0.1) is 0 Å². The Bertz CT molecular complexity index is 907. The fourth-order valence-electron chi connectivity index (χ4n) is 3.85. The van der Waals surface area contributed by atoms with E-state index in [9.17, 15) is 14.4 Å². The molecule has 33 heavy (non-hydrogen) atoms. The van der Waals surface area contributed by atoms with Crippen LogP contribution in [-0.2, 0) is 9.53 Å². The van der Waals surface area contributed by atoms with E-state index < -0.39 is 0 Å². The van der Waals surface area contributed by atoms with Crippen molar-refractivity contribution in [2.24, 2.45) is 0 Å². The van der Waals surface area contributed by atoms with Crippen molar-refractivity contribution in [1.29, 1.82) is 0 Å². The third kappa shape index (κ3) is 7.63. The van der Waals surface area contributed by atoms with E-state index in [2.05, 4.69) is 10.6 Å². The zero-order chi connectivity index (χ0) is 23.5. The molecule has 0 spiro atoms. The topological polar surface area (TPSA) is 84.5 Å². The smallest absolute Gasteiger partial charge is 0.305 e. The maximum Gasteiger partial charge on any atom is 0.305 e. The highest BCUT2D eigenvalue weighted by Gasteiger charge is 2.38. The zero-order valence-electron chi connectivity index (χ0n) is 19.0. The molecule has 1 heterocycles. The summed E-state index contributed by atoms with van der Waals surface area (Å²) in [6.45, 7) is 2.44. The molecule has 176 valence electrons. The van der Waals surface area contributed by atoms with Crippen LogP contribution in [-0.4, -0.2) is 47.5 Å². The first-order valence-corrected chi connectivity index (χ1v) is 12.6. The largest absolute Gasteiger partial charge is 0.466 e. The molecule has 2 aromatic rings. The fourth-order valence-corrected chi connectivity index (χ4v) is 5.39. The normalized spacial score (nSPS) is 19.6. The second-order valence-corrected chi connectivity index (χ2v) is 9.42. The lowest BCUT2D eigenvalue weighted by Crippen LogP contribution is -2.53. The second-order valence-electron chi connectivity index (χ2n) is 8.15. The molecule has 1 aliphatic heterocycles. The number of unbranched alkanes of at least 4 members (excludes halogenated alkanes) is 1. The summed E-state index contributed by atoms with van der Waals surface area (Å²) in [5, 5.41) is 6.44. The summed E-state index contributed by atoms with van der Waals surface area (Å²) >= 11 is 1.76. The van der Waals surface area contributed by atoms with E-state index >= 15 is 0 Å². The maximum absolute atomic E-state index is 12.9. The predicted molar refractivity (Wildman–Crippen MR) is 131 cm³/mol. The summed E-state index contributed by atoms with van der Waals surface area (Å²) in [6.07, 6.45) is 3.69. The Hall–Kier alpha value is -2.80. The van der Waals surface area contributed by atoms with E-state index in [4.69, 9.17) is 4.74 Å². The Morgan fingerprint density at radius 3 is 2.12 bits per heavy atom. The molecule has 1 saturated heterocycles. The average Bonchev–Trinajstić information content (AvgIpc) is 3.22. The highest BCUT2D eigenvalue weighted by atomic mass is 32.2. The van der Waals surface area contributed by atoms with Crippen molar-refractivity contribution < 1.29 is 19.1 Å². The number of benzene rings is 2. The van der Waals surface area contributed by atoms with Gasteiger partial charge in [0.1, 0.15) is 0 Å². The average molecular weight is 469 g/mol. The van der Waals surface area contributed by atoms with Gasteiger partial charge in [-0.3, -0.25) is 14.4 Å². The first-order chi connectivity index (χ1) is 16.1. The Morgan fingerprint density at radius 1 is 0.909 bits per heavy atom. The molecule has 0 aliphatic carbocycles. The molecule has 3 atom stereocenters. The van der Waals surface area contributed by atoms with E-state index in [1.807, 2.05) is 43.3 Å². The molecule has 3 rings (SSSR count). The van der Waals surface area contributed by atoms with Gasteiger partial charge in [-0.1, -0.05) is 49.7 Å². The number of ether oxygens (including phenoxy) is 1. The molecule has 0 aromatic heterocycles. The number of amides is 2. The third-order valence-electron chi connectivity index (χ3n) is 5.60. The van der Waals surface area contributed by atoms with Gasteiger partial charge in [0.2, 0.25) is 0 Å². The zero-order valence-corrected chi connectivity index (χ0v) is 19.8. The Morgan fingerprint density at radius 2 is 1.52 bits per heavy atom. The molecule has 2 N–H and O–H groups in total. The van der Waals surface area contributed by atoms with Crippen molar-refractivity contribution in [3.05, 3.63) is 71.8 Å². The molecule has 6 nitrogen and oxygen atoms in total. The summed E-state index contributed by atoms with van der Waals surface area (Å²) in [4.78, 5) is 37.4. The minimum absolute atomic E-state index is 0.139. The van der Waals surface area contributed by atoms with Crippen LogP contribution in [0.4, 0.5) is 0 Å². The van der Waals surface area contributed by atoms with Crippen molar-refractivity contribution in [2.45, 2.75) is 56.4 Å². The molecule has 0 radical (unpaired) electrons. The maximum atomic E-state index is 12.9. The molecular formula is C26H32N2O4S. The minimum Gasteiger partial charge on any atom is -0.466 e. The van der Waals surface area contributed by atoms with Gasteiger partial charge in [-0.05, 0) is 43.5 Å². The summed E-state index contributed by atoms with van der Waals surface area (Å²) in [5.74, 6) is 0.286. The van der Waals surface area contributed by atoms with Crippen molar-refractivity contribution in [2.75, 3.05) is 12.4 Å². The van der Waals surface area contributed by atoms with Crippen molar-refractivity contribution in [1.82, 2.24) is 10.6 Å². The molecule has 2 aromatic carbocycles. The monoisotopic (exact) mass is 468 g/mol. The lowest BCUT2D eigenvalue weighted by molar-refractivity contribution is -0.143. The molecule has 0 unspecified atom stereocenters. The van der Waals surface area contributed by atoms with Gasteiger partial charge in [-0.2, -0.15) is 11.8 Å². The standard InChI is InChI=1S/C26H32N2O4S/c1-2-17-32-23(29)16-10-9-15-22-24(28-26(31)20-13-7-4-8-14-20)21(18-33-22)27-25(30)19-11-5-3-6-12-19/h3-8,11-14,21-22,24H,2,9-10,15-18H2,1H3,(H,27,30)(H,28,31)/t21-,22+,24+/m1/s1. The number of hydrogen-bond donors (Lipinski definition) is 2. The van der Waals surface area contributed by atoms with Crippen LogP contribution in [0.5, 0.6) is 0 Å². The van der Waals surface area contributed by atoms with Crippen LogP contribution in [0.3, 0.4) is 0 Å². The molecule has 0 bridgehead atoms. The Kier molecular flexibility index (Phi) is 9.81. The minimum atomic E-state index is -0.192. The second kappa shape index (κ2) is 13.0. The van der Waals surface area contributed by atoms with Gasteiger partial charge in [0.15, 0.2) is 0 Å². The molecule has 7 heteroatoms. The molecule has 2 amide bonds. The highest BCUT2D eigenvalue weighted by Crippen LogP contribution is 2.32. The number of thioether (sulfide) groups is 1. The lowest BCUT2D eigenvalue weighted by atomic mass is 10.00. The molecule has 1 aliphatic rings. The first kappa shape index (κ1) is 24.8. The number of carbonyl (C=O) groups is 3. The van der Waals surface area contributed by atoms with Gasteiger partial charge < -0.3 is 15.4 Å². The summed E-state index contributed by atoms with van der Waals surface area (Å²) in [7, 11) is 0. The van der Waals surface area contributed by atoms with Crippen LogP contribution in [0.15, 0.2) is 60.7 Å². The van der Waals surface area contributed by atoms with Crippen LogP contribution < -0.4 is 10.6 Å². The lowest BCUT2D eigenvalue weighted by Gasteiger charge is -2.26. The van der Waals surface area contributed by atoms with Crippen LogP contribution in [0.25, 0.3) is 0 Å². The molecule has 1 fully saturated rings. The van der Waals surface area contributed by atoms with Crippen molar-refractivity contribution in [3.63, 3.8) is 0 Å². The Balaban J connectivity index is 1.61. The van der Waals surface area contributed by atoms with Gasteiger partial charge in [0.05, 0.1) is 18.7 Å². The van der Waals surface area contributed by atoms with E-state index in [0.29, 0.717) is 24.2 Å². The van der Waals surface area contributed by atoms with Crippen LogP contribution in [0.2, 0.25) is 0 Å². The third-order valence-corrected chi connectivity index (χ3v) is 7.11. The van der Waals surface area contributed by atoms with Crippen LogP contribution >= 0.6 is 11.8 Å². The van der Waals surface area contributed by atoms with Gasteiger partial charge in [0.25, 0.3) is 11.8 Å². The van der Waals surface area contributed by atoms with Gasteiger partial charge >= 0.3 is 5.97 Å². The summed E-state index contributed by atoms with van der Waals surface area (Å²) in [6, 6.07) is 17.9. The summed E-state index contributed by atoms with van der Waals surface area (Å²) < 4.78 is 5.14. The number of nitrogens with one attached hydrogen (secondary N) is 2. The van der Waals surface area contributed by atoms with Gasteiger partial charge in [-0.15, -0.1) is 0 Å². The number of rotatable bonds is 11. The van der Waals surface area contributed by atoms with E-state index in [1.54, 1.807) is 36.0 Å². The SMILES string of the molecule is CCCOC(=O)CCCC[C@@H]1SC[C@@H](NC(=O)c2ccccc2)[C@@H]1NC(=O)c1ccccc1. The van der Waals surface area contributed by atoms with Crippen molar-refractivity contribution >= 4 is 29.5 Å². The number of esters is 1. The highest BCUT2D eigenvalue weighted by molar-refractivity contribution is 8.00. The molecular weight excluding hydrogens is 436 g/mol. The number of carbonyl (C=O) groups excluding carboxylic acids is 3. The summed E-state index contributed by atoms with van der Waals surface area (Å²) in [5.41, 5.74) is 1.20. The van der Waals surface area contributed by atoms with E-state index in [1.165, 1.54) is 0 Å². The van der Waals surface area contributed by atoms with Gasteiger partial charge in [0, 0.05) is 28.6 Å². The Labute approximate surface area is 199 Å². The fraction of sp³-hybridized carbons (Fsp3) is 0.423. The van der Waals surface area contributed by atoms with E-state index in [-0.39, 0.29) is 35.1 Å². The van der Waals surface area contributed by atoms with Gasteiger partial charge in [-0.25, -0.2) is 0 Å². The van der Waals surface area contributed by atoms with E-state index in [0.717, 1.165) is 31.4 Å². The quantitative estimate of drug-likeness (QED) is 0.381. The van der Waals surface area contributed by atoms with Crippen molar-refractivity contribution in [3.8, 4) is 0 Å². The number of hydrogen-bond acceptors (Lipinski definition) is 5.